The van der Waals surface area contributed by atoms with Crippen LogP contribution in [0.15, 0.2) is 24.5 Å². The lowest BCUT2D eigenvalue weighted by atomic mass is 10.2. The van der Waals surface area contributed by atoms with Gasteiger partial charge in [0, 0.05) is 25.5 Å². The third-order valence-corrected chi connectivity index (χ3v) is 2.10. The molecular formula is C10H14N2O3. The number of hydrogen-bond donors (Lipinski definition) is 2. The first-order chi connectivity index (χ1) is 7.11. The summed E-state index contributed by atoms with van der Waals surface area (Å²) in [5, 5.41) is 11.1. The maximum absolute atomic E-state index is 11.2. The third-order valence-electron chi connectivity index (χ3n) is 2.10. The van der Waals surface area contributed by atoms with Crippen LogP contribution in [0, 0.1) is 5.92 Å². The lowest BCUT2D eigenvalue weighted by Crippen LogP contribution is -2.35. The highest BCUT2D eigenvalue weighted by Crippen LogP contribution is 1.94. The molecule has 0 aliphatic carbocycles. The van der Waals surface area contributed by atoms with Crippen molar-refractivity contribution in [3.05, 3.63) is 24.5 Å². The van der Waals surface area contributed by atoms with Gasteiger partial charge in [-0.1, -0.05) is 0 Å². The summed E-state index contributed by atoms with van der Waals surface area (Å²) in [6.45, 7) is 2.45. The number of aliphatic carboxylic acids is 1. The Kier molecular flexibility index (Phi) is 3.91. The summed E-state index contributed by atoms with van der Waals surface area (Å²) in [6, 6.07) is 3.78. The number of nitrogens with one attached hydrogen (secondary N) is 1. The number of hydrogen-bond acceptors (Lipinski definition) is 2. The smallest absolute Gasteiger partial charge is 0.315 e. The second-order valence-electron chi connectivity index (χ2n) is 3.27. The van der Waals surface area contributed by atoms with Crippen molar-refractivity contribution in [2.24, 2.45) is 5.92 Å². The zero-order chi connectivity index (χ0) is 11.3. The van der Waals surface area contributed by atoms with Crippen molar-refractivity contribution in [3.63, 3.8) is 0 Å². The molecule has 0 aromatic carbocycles. The Morgan fingerprint density at radius 3 is 2.53 bits per heavy atom. The van der Waals surface area contributed by atoms with Gasteiger partial charge < -0.3 is 15.0 Å². The Balaban J connectivity index is 2.26. The van der Waals surface area contributed by atoms with E-state index in [1.165, 1.54) is 6.92 Å². The first-order valence-corrected chi connectivity index (χ1v) is 4.72. The number of aromatic nitrogens is 1. The van der Waals surface area contributed by atoms with Crippen LogP contribution in [-0.4, -0.2) is 28.1 Å². The van der Waals surface area contributed by atoms with Crippen LogP contribution in [-0.2, 0) is 16.1 Å². The van der Waals surface area contributed by atoms with Gasteiger partial charge in [0.2, 0.25) is 5.91 Å². The molecule has 15 heavy (non-hydrogen) atoms. The molecule has 1 unspecified atom stereocenters. The zero-order valence-electron chi connectivity index (χ0n) is 8.51. The molecule has 1 aromatic rings. The lowest BCUT2D eigenvalue weighted by molar-refractivity contribution is -0.146. The molecule has 82 valence electrons. The quantitative estimate of drug-likeness (QED) is 0.688. The molecular weight excluding hydrogens is 196 g/mol. The molecule has 1 aromatic heterocycles. The highest BCUT2D eigenvalue weighted by Gasteiger charge is 2.19. The van der Waals surface area contributed by atoms with Crippen molar-refractivity contribution < 1.29 is 14.7 Å². The maximum atomic E-state index is 11.2. The monoisotopic (exact) mass is 210 g/mol. The fraction of sp³-hybridized carbons (Fsp3) is 0.400. The molecule has 0 saturated heterocycles. The first-order valence-electron chi connectivity index (χ1n) is 4.72. The number of carbonyl (C=O) groups is 2. The van der Waals surface area contributed by atoms with E-state index in [4.69, 9.17) is 5.11 Å². The zero-order valence-corrected chi connectivity index (χ0v) is 8.51. The predicted molar refractivity (Wildman–Crippen MR) is 54.2 cm³/mol. The summed E-state index contributed by atoms with van der Waals surface area (Å²) in [6.07, 6.45) is 3.76. The number of nitrogens with zero attached hydrogens (tertiary/aromatic N) is 1. The van der Waals surface area contributed by atoms with Gasteiger partial charge >= 0.3 is 5.97 Å². The van der Waals surface area contributed by atoms with E-state index in [1.807, 2.05) is 29.1 Å². The van der Waals surface area contributed by atoms with Gasteiger partial charge in [0.05, 0.1) is 0 Å². The predicted octanol–water partition coefficient (Wildman–Crippen LogP) is 0.325. The fourth-order valence-corrected chi connectivity index (χ4v) is 1.09. The molecule has 0 fully saturated rings. The summed E-state index contributed by atoms with van der Waals surface area (Å²) in [4.78, 5) is 21.7. The van der Waals surface area contributed by atoms with Crippen LogP contribution in [0.25, 0.3) is 0 Å². The molecule has 2 N–H and O–H groups in total. The van der Waals surface area contributed by atoms with Gasteiger partial charge in [0.1, 0.15) is 5.92 Å². The molecule has 0 aliphatic heterocycles. The number of rotatable bonds is 5. The van der Waals surface area contributed by atoms with Crippen LogP contribution >= 0.6 is 0 Å². The molecule has 5 nitrogen and oxygen atoms in total. The molecule has 5 heteroatoms. The van der Waals surface area contributed by atoms with E-state index in [0.29, 0.717) is 13.1 Å². The molecule has 0 bridgehead atoms. The molecule has 1 rings (SSSR count). The van der Waals surface area contributed by atoms with Crippen molar-refractivity contribution >= 4 is 11.9 Å². The van der Waals surface area contributed by atoms with Crippen molar-refractivity contribution in [2.75, 3.05) is 6.54 Å². The molecule has 0 saturated carbocycles. The topological polar surface area (TPSA) is 71.3 Å². The van der Waals surface area contributed by atoms with Gasteiger partial charge in [0.15, 0.2) is 0 Å². The van der Waals surface area contributed by atoms with E-state index in [0.717, 1.165) is 0 Å². The average Bonchev–Trinajstić information content (AvgIpc) is 2.69. The second kappa shape index (κ2) is 5.19. The molecule has 1 amide bonds. The van der Waals surface area contributed by atoms with Crippen molar-refractivity contribution in [2.45, 2.75) is 13.5 Å². The second-order valence-corrected chi connectivity index (χ2v) is 3.27. The summed E-state index contributed by atoms with van der Waals surface area (Å²) in [5.41, 5.74) is 0. The van der Waals surface area contributed by atoms with Crippen LogP contribution in [0.5, 0.6) is 0 Å². The van der Waals surface area contributed by atoms with Crippen LogP contribution in [0.4, 0.5) is 0 Å². The van der Waals surface area contributed by atoms with Gasteiger partial charge in [-0.15, -0.1) is 0 Å². The van der Waals surface area contributed by atoms with Gasteiger partial charge in [-0.3, -0.25) is 9.59 Å². The molecule has 0 aliphatic rings. The third kappa shape index (κ3) is 3.46. The molecule has 0 spiro atoms. The molecule has 1 atom stereocenters. The van der Waals surface area contributed by atoms with Crippen molar-refractivity contribution in [1.82, 2.24) is 9.88 Å². The minimum Gasteiger partial charge on any atom is -0.481 e. The van der Waals surface area contributed by atoms with E-state index in [1.54, 1.807) is 0 Å². The Morgan fingerprint density at radius 1 is 1.40 bits per heavy atom. The van der Waals surface area contributed by atoms with E-state index in [-0.39, 0.29) is 0 Å². The Morgan fingerprint density at radius 2 is 2.00 bits per heavy atom. The summed E-state index contributed by atoms with van der Waals surface area (Å²) in [7, 11) is 0. The Bertz CT molecular complexity index is 332. The maximum Gasteiger partial charge on any atom is 0.315 e. The number of amides is 1. The van der Waals surface area contributed by atoms with Gasteiger partial charge in [-0.25, -0.2) is 0 Å². The van der Waals surface area contributed by atoms with E-state index in [9.17, 15) is 9.59 Å². The minimum atomic E-state index is -1.10. The van der Waals surface area contributed by atoms with Gasteiger partial charge in [0.25, 0.3) is 0 Å². The number of carboxylic acids is 1. The normalized spacial score (nSPS) is 12.1. The fourth-order valence-electron chi connectivity index (χ4n) is 1.09. The summed E-state index contributed by atoms with van der Waals surface area (Å²) < 4.78 is 1.91. The Hall–Kier alpha value is -1.78. The SMILES string of the molecule is CC(C(=O)O)C(=O)NCCn1cccc1. The summed E-state index contributed by atoms with van der Waals surface area (Å²) >= 11 is 0. The van der Waals surface area contributed by atoms with E-state index < -0.39 is 17.8 Å². The Labute approximate surface area is 87.7 Å². The summed E-state index contributed by atoms with van der Waals surface area (Å²) in [5.74, 6) is -2.54. The van der Waals surface area contributed by atoms with Crippen molar-refractivity contribution in [1.29, 1.82) is 0 Å². The molecule has 1 heterocycles. The van der Waals surface area contributed by atoms with Gasteiger partial charge in [-0.2, -0.15) is 0 Å². The number of carbonyl (C=O) groups excluding carboxylic acids is 1. The highest BCUT2D eigenvalue weighted by molar-refractivity contribution is 5.96. The van der Waals surface area contributed by atoms with Crippen LogP contribution < -0.4 is 5.32 Å². The lowest BCUT2D eigenvalue weighted by Gasteiger charge is -2.08. The van der Waals surface area contributed by atoms with Crippen molar-refractivity contribution in [3.8, 4) is 0 Å². The largest absolute Gasteiger partial charge is 0.481 e. The number of carboxylic acid groups (broad SMARTS) is 1. The van der Waals surface area contributed by atoms with Crippen LogP contribution in [0.3, 0.4) is 0 Å². The standard InChI is InChI=1S/C10H14N2O3/c1-8(10(14)15)9(13)11-4-7-12-5-2-3-6-12/h2-3,5-6,8H,4,7H2,1H3,(H,11,13)(H,14,15). The van der Waals surface area contributed by atoms with Crippen LogP contribution in [0.1, 0.15) is 6.92 Å². The van der Waals surface area contributed by atoms with E-state index >= 15 is 0 Å². The highest BCUT2D eigenvalue weighted by atomic mass is 16.4. The van der Waals surface area contributed by atoms with E-state index in [2.05, 4.69) is 5.32 Å². The van der Waals surface area contributed by atoms with Gasteiger partial charge in [-0.05, 0) is 19.1 Å². The van der Waals surface area contributed by atoms with Crippen LogP contribution in [0.2, 0.25) is 0 Å². The molecule has 0 radical (unpaired) electrons. The minimum absolute atomic E-state index is 0.436. The average molecular weight is 210 g/mol. The first kappa shape index (κ1) is 11.3.